The molecular formula is C20H20N4O3S. The van der Waals surface area contributed by atoms with Gasteiger partial charge in [0, 0.05) is 30.0 Å². The third-order valence-corrected chi connectivity index (χ3v) is 5.78. The van der Waals surface area contributed by atoms with Crippen LogP contribution in [-0.2, 0) is 16.0 Å². The Morgan fingerprint density at radius 3 is 2.86 bits per heavy atom. The number of carbonyl (C=O) groups is 2. The molecule has 0 bridgehead atoms. The fraction of sp³-hybridized carbons (Fsp3) is 0.300. The highest BCUT2D eigenvalue weighted by molar-refractivity contribution is 7.16. The second kappa shape index (κ2) is 7.55. The van der Waals surface area contributed by atoms with Gasteiger partial charge in [-0.05, 0) is 25.1 Å². The first-order valence-electron chi connectivity index (χ1n) is 9.14. The minimum atomic E-state index is -0.382. The molecule has 7 nitrogen and oxygen atoms in total. The number of benzene rings is 1. The van der Waals surface area contributed by atoms with Gasteiger partial charge in [0.25, 0.3) is 0 Å². The highest BCUT2D eigenvalue weighted by Gasteiger charge is 2.35. The summed E-state index contributed by atoms with van der Waals surface area (Å²) < 4.78 is 5.16. The number of amides is 2. The van der Waals surface area contributed by atoms with Crippen molar-refractivity contribution >= 4 is 34.5 Å². The third kappa shape index (κ3) is 3.55. The van der Waals surface area contributed by atoms with Crippen molar-refractivity contribution in [3.63, 3.8) is 0 Å². The van der Waals surface area contributed by atoms with E-state index in [2.05, 4.69) is 15.5 Å². The van der Waals surface area contributed by atoms with E-state index in [0.717, 1.165) is 21.1 Å². The standard InChI is InChI=1S/C20H20N4O3S/c1-3-17-22-19(23-27-17)16-10-15(12(2)28-16)21-20(26)13-9-18(25)24(11-13)14-7-5-4-6-8-14/h4-8,10,13H,3,9,11H2,1-2H3,(H,21,26)/t13-/m1/s1. The molecule has 1 aliphatic rings. The van der Waals surface area contributed by atoms with E-state index in [1.54, 1.807) is 4.90 Å². The van der Waals surface area contributed by atoms with Crippen molar-refractivity contribution in [2.75, 3.05) is 16.8 Å². The van der Waals surface area contributed by atoms with E-state index in [9.17, 15) is 9.59 Å². The van der Waals surface area contributed by atoms with Gasteiger partial charge in [-0.25, -0.2) is 0 Å². The lowest BCUT2D eigenvalue weighted by molar-refractivity contribution is -0.122. The molecule has 2 amide bonds. The number of rotatable bonds is 5. The highest BCUT2D eigenvalue weighted by Crippen LogP contribution is 2.34. The number of carbonyl (C=O) groups excluding carboxylic acids is 2. The SMILES string of the molecule is CCc1nc(-c2cc(NC(=O)[C@@H]3CC(=O)N(c4ccccc4)C3)c(C)s2)no1. The van der Waals surface area contributed by atoms with Crippen molar-refractivity contribution in [1.82, 2.24) is 10.1 Å². The number of nitrogens with zero attached hydrogens (tertiary/aromatic N) is 3. The molecule has 144 valence electrons. The van der Waals surface area contributed by atoms with Gasteiger partial charge in [0.1, 0.15) is 0 Å². The molecule has 28 heavy (non-hydrogen) atoms. The molecule has 3 heterocycles. The molecule has 0 saturated carbocycles. The molecule has 1 aromatic carbocycles. The predicted octanol–water partition coefficient (Wildman–Crippen LogP) is 3.66. The van der Waals surface area contributed by atoms with Crippen molar-refractivity contribution in [2.24, 2.45) is 5.92 Å². The molecule has 0 radical (unpaired) electrons. The van der Waals surface area contributed by atoms with Gasteiger partial charge in [-0.3, -0.25) is 9.59 Å². The van der Waals surface area contributed by atoms with Crippen molar-refractivity contribution in [2.45, 2.75) is 26.7 Å². The molecule has 1 fully saturated rings. The van der Waals surface area contributed by atoms with Gasteiger partial charge in [0.2, 0.25) is 23.5 Å². The average Bonchev–Trinajstić information content (AvgIpc) is 3.41. The fourth-order valence-corrected chi connectivity index (χ4v) is 4.09. The van der Waals surface area contributed by atoms with Gasteiger partial charge < -0.3 is 14.7 Å². The maximum Gasteiger partial charge on any atom is 0.229 e. The van der Waals surface area contributed by atoms with E-state index in [1.165, 1.54) is 11.3 Å². The van der Waals surface area contributed by atoms with Crippen molar-refractivity contribution in [3.8, 4) is 10.7 Å². The molecule has 0 spiro atoms. The highest BCUT2D eigenvalue weighted by atomic mass is 32.1. The number of hydrogen-bond acceptors (Lipinski definition) is 6. The van der Waals surface area contributed by atoms with Gasteiger partial charge in [0.15, 0.2) is 0 Å². The Balaban J connectivity index is 1.46. The van der Waals surface area contributed by atoms with Gasteiger partial charge in [-0.1, -0.05) is 30.3 Å². The topological polar surface area (TPSA) is 88.3 Å². The summed E-state index contributed by atoms with van der Waals surface area (Å²) in [5.41, 5.74) is 1.54. The minimum Gasteiger partial charge on any atom is -0.339 e. The molecule has 1 N–H and O–H groups in total. The zero-order valence-electron chi connectivity index (χ0n) is 15.6. The van der Waals surface area contributed by atoms with Crippen LogP contribution in [0.4, 0.5) is 11.4 Å². The molecule has 4 rings (SSSR count). The lowest BCUT2D eigenvalue weighted by atomic mass is 10.1. The molecule has 1 atom stereocenters. The Labute approximate surface area is 166 Å². The van der Waals surface area contributed by atoms with Crippen LogP contribution in [0.2, 0.25) is 0 Å². The van der Waals surface area contributed by atoms with E-state index in [0.29, 0.717) is 24.7 Å². The van der Waals surface area contributed by atoms with Crippen LogP contribution in [-0.4, -0.2) is 28.5 Å². The normalized spacial score (nSPS) is 16.6. The number of thiophene rings is 1. The molecule has 3 aromatic rings. The van der Waals surface area contributed by atoms with Crippen LogP contribution in [0.1, 0.15) is 24.1 Å². The number of aromatic nitrogens is 2. The van der Waals surface area contributed by atoms with E-state index in [4.69, 9.17) is 4.52 Å². The quantitative estimate of drug-likeness (QED) is 0.711. The first-order chi connectivity index (χ1) is 13.5. The van der Waals surface area contributed by atoms with Crippen LogP contribution in [0.3, 0.4) is 0 Å². The smallest absolute Gasteiger partial charge is 0.229 e. The lowest BCUT2D eigenvalue weighted by Crippen LogP contribution is -2.28. The van der Waals surface area contributed by atoms with Crippen molar-refractivity contribution < 1.29 is 14.1 Å². The summed E-state index contributed by atoms with van der Waals surface area (Å²) >= 11 is 1.50. The van der Waals surface area contributed by atoms with Crippen molar-refractivity contribution in [3.05, 3.63) is 47.2 Å². The molecule has 8 heteroatoms. The first-order valence-corrected chi connectivity index (χ1v) is 9.96. The van der Waals surface area contributed by atoms with Crippen LogP contribution in [0, 0.1) is 12.8 Å². The van der Waals surface area contributed by atoms with Crippen LogP contribution >= 0.6 is 11.3 Å². The Kier molecular flexibility index (Phi) is 4.95. The molecule has 1 saturated heterocycles. The van der Waals surface area contributed by atoms with Crippen LogP contribution < -0.4 is 10.2 Å². The summed E-state index contributed by atoms with van der Waals surface area (Å²) in [6, 6.07) is 11.3. The second-order valence-corrected chi connectivity index (χ2v) is 7.93. The molecule has 0 aliphatic carbocycles. The molecule has 0 unspecified atom stereocenters. The first kappa shape index (κ1) is 18.4. The van der Waals surface area contributed by atoms with Crippen LogP contribution in [0.25, 0.3) is 10.7 Å². The largest absolute Gasteiger partial charge is 0.339 e. The van der Waals surface area contributed by atoms with Gasteiger partial charge >= 0.3 is 0 Å². The van der Waals surface area contributed by atoms with Gasteiger partial charge in [0.05, 0.1) is 16.5 Å². The molecular weight excluding hydrogens is 376 g/mol. The third-order valence-electron chi connectivity index (χ3n) is 4.73. The number of para-hydroxylation sites is 1. The Morgan fingerprint density at radius 2 is 2.14 bits per heavy atom. The Bertz CT molecular complexity index is 1010. The molecule has 1 aliphatic heterocycles. The number of aryl methyl sites for hydroxylation is 2. The summed E-state index contributed by atoms with van der Waals surface area (Å²) in [5.74, 6) is 0.538. The Hall–Kier alpha value is -3.00. The van der Waals surface area contributed by atoms with Gasteiger partial charge in [-0.15, -0.1) is 11.3 Å². The summed E-state index contributed by atoms with van der Waals surface area (Å²) in [5, 5.41) is 6.94. The zero-order chi connectivity index (χ0) is 19.7. The Morgan fingerprint density at radius 1 is 1.36 bits per heavy atom. The summed E-state index contributed by atoms with van der Waals surface area (Å²) in [4.78, 5) is 32.9. The van der Waals surface area contributed by atoms with Crippen LogP contribution in [0.15, 0.2) is 40.9 Å². The minimum absolute atomic E-state index is 0.0343. The predicted molar refractivity (Wildman–Crippen MR) is 107 cm³/mol. The maximum atomic E-state index is 12.8. The zero-order valence-corrected chi connectivity index (χ0v) is 16.5. The van der Waals surface area contributed by atoms with Crippen molar-refractivity contribution in [1.29, 1.82) is 0 Å². The second-order valence-electron chi connectivity index (χ2n) is 6.68. The van der Waals surface area contributed by atoms with E-state index in [-0.39, 0.29) is 24.2 Å². The van der Waals surface area contributed by atoms with E-state index >= 15 is 0 Å². The average molecular weight is 396 g/mol. The fourth-order valence-electron chi connectivity index (χ4n) is 3.19. The lowest BCUT2D eigenvalue weighted by Gasteiger charge is -2.16. The molecule has 2 aromatic heterocycles. The van der Waals surface area contributed by atoms with E-state index in [1.807, 2.05) is 50.2 Å². The summed E-state index contributed by atoms with van der Waals surface area (Å²) in [6.45, 7) is 4.26. The monoisotopic (exact) mass is 396 g/mol. The maximum absolute atomic E-state index is 12.8. The number of hydrogen-bond donors (Lipinski definition) is 1. The van der Waals surface area contributed by atoms with Gasteiger partial charge in [-0.2, -0.15) is 4.98 Å². The summed E-state index contributed by atoms with van der Waals surface area (Å²) in [7, 11) is 0. The number of nitrogens with one attached hydrogen (secondary N) is 1. The number of anilines is 2. The van der Waals surface area contributed by atoms with E-state index < -0.39 is 0 Å². The summed E-state index contributed by atoms with van der Waals surface area (Å²) in [6.07, 6.45) is 0.885. The van der Waals surface area contributed by atoms with Crippen LogP contribution in [0.5, 0.6) is 0 Å².